The molecule has 1 saturated heterocycles. The molecular formula is C15H17N3O3. The molecule has 3 rings (SSSR count). The van der Waals surface area contributed by atoms with E-state index in [0.29, 0.717) is 30.0 Å². The number of amides is 1. The van der Waals surface area contributed by atoms with Crippen molar-refractivity contribution in [3.05, 3.63) is 40.9 Å². The normalized spacial score (nSPS) is 18.0. The first-order valence-corrected chi connectivity index (χ1v) is 7.02. The van der Waals surface area contributed by atoms with E-state index in [9.17, 15) is 9.59 Å². The van der Waals surface area contributed by atoms with E-state index in [1.54, 1.807) is 18.2 Å². The van der Waals surface area contributed by atoms with Crippen LogP contribution in [0.15, 0.2) is 35.4 Å². The zero-order valence-electron chi connectivity index (χ0n) is 11.6. The van der Waals surface area contributed by atoms with Crippen LogP contribution in [0.2, 0.25) is 0 Å². The van der Waals surface area contributed by atoms with Crippen LogP contribution in [0.25, 0.3) is 10.9 Å². The Morgan fingerprint density at radius 1 is 1.43 bits per heavy atom. The van der Waals surface area contributed by atoms with E-state index in [1.165, 1.54) is 10.9 Å². The summed E-state index contributed by atoms with van der Waals surface area (Å²) in [5.41, 5.74) is 0.446. The summed E-state index contributed by atoms with van der Waals surface area (Å²) < 4.78 is 6.59. The molecule has 2 heterocycles. The van der Waals surface area contributed by atoms with Crippen LogP contribution in [0.3, 0.4) is 0 Å². The third-order valence-electron chi connectivity index (χ3n) is 3.66. The fourth-order valence-corrected chi connectivity index (χ4v) is 2.43. The third kappa shape index (κ3) is 3.11. The van der Waals surface area contributed by atoms with Crippen LogP contribution in [-0.2, 0) is 16.1 Å². The van der Waals surface area contributed by atoms with Crippen molar-refractivity contribution in [3.63, 3.8) is 0 Å². The molecule has 1 aromatic heterocycles. The maximum Gasteiger partial charge on any atom is 0.261 e. The Kier molecular flexibility index (Phi) is 3.96. The number of nitrogens with zero attached hydrogens (tertiary/aromatic N) is 2. The molecule has 1 amide bonds. The molecule has 0 unspecified atom stereocenters. The van der Waals surface area contributed by atoms with E-state index in [0.717, 1.165) is 13.0 Å². The summed E-state index contributed by atoms with van der Waals surface area (Å²) in [5.74, 6) is 0.196. The van der Waals surface area contributed by atoms with Gasteiger partial charge in [-0.15, -0.1) is 0 Å². The molecule has 0 radical (unpaired) electrons. The standard InChI is InChI=1S/C15H17N3O3/c19-14(16-7-11-5-6-21-9-11)8-18-10-17-13-4-2-1-3-12(13)15(18)20/h1-4,10-11H,5-9H2,(H,16,19)/t11-/m0/s1. The number of fused-ring (bicyclic) bond motifs is 1. The quantitative estimate of drug-likeness (QED) is 0.891. The van der Waals surface area contributed by atoms with Crippen molar-refractivity contribution >= 4 is 16.8 Å². The molecule has 21 heavy (non-hydrogen) atoms. The summed E-state index contributed by atoms with van der Waals surface area (Å²) in [4.78, 5) is 28.4. The molecule has 1 fully saturated rings. The van der Waals surface area contributed by atoms with Gasteiger partial charge in [-0.1, -0.05) is 12.1 Å². The summed E-state index contributed by atoms with van der Waals surface area (Å²) in [6, 6.07) is 7.11. The van der Waals surface area contributed by atoms with Crippen LogP contribution in [-0.4, -0.2) is 35.2 Å². The number of hydrogen-bond acceptors (Lipinski definition) is 4. The third-order valence-corrected chi connectivity index (χ3v) is 3.66. The summed E-state index contributed by atoms with van der Waals surface area (Å²) in [5, 5.41) is 3.37. The van der Waals surface area contributed by atoms with E-state index >= 15 is 0 Å². The first kappa shape index (κ1) is 13.8. The molecule has 6 heteroatoms. The average Bonchev–Trinajstić information content (AvgIpc) is 3.02. The summed E-state index contributed by atoms with van der Waals surface area (Å²) >= 11 is 0. The highest BCUT2D eigenvalue weighted by Gasteiger charge is 2.16. The van der Waals surface area contributed by atoms with Gasteiger partial charge in [0.15, 0.2) is 0 Å². The molecular weight excluding hydrogens is 270 g/mol. The van der Waals surface area contributed by atoms with E-state index in [4.69, 9.17) is 4.74 Å². The minimum Gasteiger partial charge on any atom is -0.381 e. The lowest BCUT2D eigenvalue weighted by Gasteiger charge is -2.10. The zero-order valence-corrected chi connectivity index (χ0v) is 11.6. The molecule has 1 aliphatic heterocycles. The monoisotopic (exact) mass is 287 g/mol. The SMILES string of the molecule is O=C(Cn1cnc2ccccc2c1=O)NC[C@@H]1CCOC1. The predicted molar refractivity (Wildman–Crippen MR) is 77.9 cm³/mol. The van der Waals surface area contributed by atoms with E-state index in [2.05, 4.69) is 10.3 Å². The molecule has 1 aliphatic rings. The molecule has 2 aromatic rings. The summed E-state index contributed by atoms with van der Waals surface area (Å²) in [6.45, 7) is 2.03. The number of aromatic nitrogens is 2. The minimum absolute atomic E-state index is 0.00968. The van der Waals surface area contributed by atoms with Crippen LogP contribution in [0.1, 0.15) is 6.42 Å². The number of rotatable bonds is 4. The Morgan fingerprint density at radius 3 is 3.10 bits per heavy atom. The van der Waals surface area contributed by atoms with Gasteiger partial charge in [-0.25, -0.2) is 4.98 Å². The molecule has 0 bridgehead atoms. The summed E-state index contributed by atoms with van der Waals surface area (Å²) in [6.07, 6.45) is 2.39. The van der Waals surface area contributed by atoms with Gasteiger partial charge in [0.25, 0.3) is 5.56 Å². The van der Waals surface area contributed by atoms with Gasteiger partial charge in [-0.2, -0.15) is 0 Å². The maximum absolute atomic E-state index is 12.2. The lowest BCUT2D eigenvalue weighted by Crippen LogP contribution is -2.35. The lowest BCUT2D eigenvalue weighted by molar-refractivity contribution is -0.121. The molecule has 6 nitrogen and oxygen atoms in total. The fraction of sp³-hybridized carbons (Fsp3) is 0.400. The average molecular weight is 287 g/mol. The number of para-hydroxylation sites is 1. The van der Waals surface area contributed by atoms with Gasteiger partial charge in [-0.3, -0.25) is 14.2 Å². The van der Waals surface area contributed by atoms with Gasteiger partial charge in [0.05, 0.1) is 23.8 Å². The van der Waals surface area contributed by atoms with Crippen molar-refractivity contribution < 1.29 is 9.53 Å². The highest BCUT2D eigenvalue weighted by molar-refractivity contribution is 5.78. The van der Waals surface area contributed by atoms with Crippen LogP contribution < -0.4 is 10.9 Å². The Bertz CT molecular complexity index is 705. The number of ether oxygens (including phenoxy) is 1. The van der Waals surface area contributed by atoms with Gasteiger partial charge >= 0.3 is 0 Å². The van der Waals surface area contributed by atoms with Crippen molar-refractivity contribution in [1.29, 1.82) is 0 Å². The van der Waals surface area contributed by atoms with Crippen molar-refractivity contribution in [2.45, 2.75) is 13.0 Å². The van der Waals surface area contributed by atoms with E-state index < -0.39 is 0 Å². The predicted octanol–water partition coefficient (Wildman–Crippen LogP) is 0.549. The molecule has 1 aromatic carbocycles. The molecule has 0 aliphatic carbocycles. The van der Waals surface area contributed by atoms with Crippen LogP contribution in [0, 0.1) is 5.92 Å². The second kappa shape index (κ2) is 6.05. The largest absolute Gasteiger partial charge is 0.381 e. The van der Waals surface area contributed by atoms with Crippen molar-refractivity contribution in [2.24, 2.45) is 5.92 Å². The van der Waals surface area contributed by atoms with Crippen molar-refractivity contribution in [1.82, 2.24) is 14.9 Å². The first-order valence-electron chi connectivity index (χ1n) is 7.02. The zero-order chi connectivity index (χ0) is 14.7. The number of carbonyl (C=O) groups is 1. The van der Waals surface area contributed by atoms with Crippen molar-refractivity contribution in [2.75, 3.05) is 19.8 Å². The minimum atomic E-state index is -0.194. The van der Waals surface area contributed by atoms with Crippen LogP contribution >= 0.6 is 0 Å². The summed E-state index contributed by atoms with van der Waals surface area (Å²) in [7, 11) is 0. The Labute approximate surface area is 121 Å². The highest BCUT2D eigenvalue weighted by atomic mass is 16.5. The van der Waals surface area contributed by atoms with E-state index in [1.807, 2.05) is 6.07 Å². The Morgan fingerprint density at radius 2 is 2.29 bits per heavy atom. The van der Waals surface area contributed by atoms with Crippen molar-refractivity contribution in [3.8, 4) is 0 Å². The van der Waals surface area contributed by atoms with Gasteiger partial charge in [-0.05, 0) is 18.6 Å². The molecule has 0 spiro atoms. The fourth-order valence-electron chi connectivity index (χ4n) is 2.43. The van der Waals surface area contributed by atoms with Crippen LogP contribution in [0.5, 0.6) is 0 Å². The van der Waals surface area contributed by atoms with Gasteiger partial charge in [0.2, 0.25) is 5.91 Å². The van der Waals surface area contributed by atoms with Gasteiger partial charge in [0.1, 0.15) is 6.54 Å². The second-order valence-corrected chi connectivity index (χ2v) is 5.23. The van der Waals surface area contributed by atoms with Gasteiger partial charge < -0.3 is 10.1 Å². The van der Waals surface area contributed by atoms with Crippen LogP contribution in [0.4, 0.5) is 0 Å². The topological polar surface area (TPSA) is 73.2 Å². The molecule has 0 saturated carbocycles. The second-order valence-electron chi connectivity index (χ2n) is 5.23. The number of benzene rings is 1. The molecule has 110 valence electrons. The maximum atomic E-state index is 12.2. The Balaban J connectivity index is 1.68. The number of nitrogens with one attached hydrogen (secondary N) is 1. The number of carbonyl (C=O) groups excluding carboxylic acids is 1. The highest BCUT2D eigenvalue weighted by Crippen LogP contribution is 2.10. The van der Waals surface area contributed by atoms with E-state index in [-0.39, 0.29) is 18.0 Å². The Hall–Kier alpha value is -2.21. The molecule has 1 N–H and O–H groups in total. The first-order chi connectivity index (χ1) is 10.2. The molecule has 1 atom stereocenters. The lowest BCUT2D eigenvalue weighted by atomic mass is 10.1. The smallest absolute Gasteiger partial charge is 0.261 e. The van der Waals surface area contributed by atoms with Gasteiger partial charge in [0, 0.05) is 19.1 Å². The number of hydrogen-bond donors (Lipinski definition) is 1.